The van der Waals surface area contributed by atoms with Crippen molar-refractivity contribution in [3.63, 3.8) is 0 Å². The lowest BCUT2D eigenvalue weighted by atomic mass is 10.2. The molecule has 1 atom stereocenters. The summed E-state index contributed by atoms with van der Waals surface area (Å²) < 4.78 is 5.86. The normalized spacial score (nSPS) is 17.5. The Hall–Kier alpha value is -2.54. The van der Waals surface area contributed by atoms with Crippen LogP contribution in [-0.2, 0) is 0 Å². The van der Waals surface area contributed by atoms with Crippen molar-refractivity contribution in [3.05, 3.63) is 54.2 Å². The maximum Gasteiger partial charge on any atom is 0.142 e. The van der Waals surface area contributed by atoms with Crippen LogP contribution in [0.3, 0.4) is 0 Å². The van der Waals surface area contributed by atoms with Crippen LogP contribution in [0.4, 0.5) is 5.82 Å². The molecule has 4 nitrogen and oxygen atoms in total. The minimum atomic E-state index is 0.312. The summed E-state index contributed by atoms with van der Waals surface area (Å²) in [6, 6.07) is 17.8. The largest absolute Gasteiger partial charge is 0.491 e. The van der Waals surface area contributed by atoms with E-state index in [1.807, 2.05) is 42.5 Å². The van der Waals surface area contributed by atoms with E-state index in [1.54, 1.807) is 6.07 Å². The van der Waals surface area contributed by atoms with Crippen LogP contribution in [0.15, 0.2) is 48.5 Å². The number of rotatable bonds is 4. The second kappa shape index (κ2) is 6.27. The first-order valence-electron chi connectivity index (χ1n) is 7.18. The van der Waals surface area contributed by atoms with Crippen LogP contribution in [0, 0.1) is 11.3 Å². The fourth-order valence-corrected chi connectivity index (χ4v) is 2.67. The minimum Gasteiger partial charge on any atom is -0.491 e. The average Bonchev–Trinajstić information content (AvgIpc) is 3.02. The Bertz CT molecular complexity index is 636. The summed E-state index contributed by atoms with van der Waals surface area (Å²) >= 11 is 0. The maximum absolute atomic E-state index is 8.97. The lowest BCUT2D eigenvalue weighted by molar-refractivity contribution is 0.288. The second-order valence-electron chi connectivity index (χ2n) is 5.11. The van der Waals surface area contributed by atoms with Gasteiger partial charge in [-0.2, -0.15) is 5.26 Å². The molecule has 1 aliphatic heterocycles. The van der Waals surface area contributed by atoms with Gasteiger partial charge >= 0.3 is 0 Å². The van der Waals surface area contributed by atoms with Crippen molar-refractivity contribution in [2.75, 3.05) is 18.1 Å². The molecule has 1 unspecified atom stereocenters. The Morgan fingerprint density at radius 3 is 2.86 bits per heavy atom. The summed E-state index contributed by atoms with van der Waals surface area (Å²) in [7, 11) is 0. The van der Waals surface area contributed by atoms with E-state index >= 15 is 0 Å². The topological polar surface area (TPSA) is 49.2 Å². The van der Waals surface area contributed by atoms with Gasteiger partial charge in [-0.25, -0.2) is 4.98 Å². The van der Waals surface area contributed by atoms with Gasteiger partial charge in [0, 0.05) is 6.54 Å². The zero-order valence-electron chi connectivity index (χ0n) is 11.8. The first kappa shape index (κ1) is 13.4. The molecule has 0 spiro atoms. The Balaban J connectivity index is 1.69. The van der Waals surface area contributed by atoms with Crippen molar-refractivity contribution in [1.82, 2.24) is 4.98 Å². The molecule has 0 N–H and O–H groups in total. The molecule has 2 heterocycles. The fourth-order valence-electron chi connectivity index (χ4n) is 2.67. The third-order valence-electron chi connectivity index (χ3n) is 3.71. The molecule has 1 fully saturated rings. The highest BCUT2D eigenvalue weighted by atomic mass is 16.5. The summed E-state index contributed by atoms with van der Waals surface area (Å²) in [5.41, 5.74) is 0.460. The van der Waals surface area contributed by atoms with E-state index in [-0.39, 0.29) is 0 Å². The summed E-state index contributed by atoms with van der Waals surface area (Å²) in [5, 5.41) is 8.97. The number of pyridine rings is 1. The summed E-state index contributed by atoms with van der Waals surface area (Å²) in [6.07, 6.45) is 2.21. The van der Waals surface area contributed by atoms with Crippen molar-refractivity contribution in [1.29, 1.82) is 5.26 Å². The van der Waals surface area contributed by atoms with Crippen LogP contribution in [-0.4, -0.2) is 24.2 Å². The molecule has 106 valence electrons. The van der Waals surface area contributed by atoms with Crippen molar-refractivity contribution in [2.45, 2.75) is 18.9 Å². The van der Waals surface area contributed by atoms with Gasteiger partial charge in [0.25, 0.3) is 0 Å². The molecule has 0 aliphatic carbocycles. The molecular weight excluding hydrogens is 262 g/mol. The molecule has 1 aliphatic rings. The van der Waals surface area contributed by atoms with Gasteiger partial charge in [0.2, 0.25) is 0 Å². The van der Waals surface area contributed by atoms with Gasteiger partial charge < -0.3 is 9.64 Å². The monoisotopic (exact) mass is 279 g/mol. The van der Waals surface area contributed by atoms with E-state index in [4.69, 9.17) is 10.00 Å². The zero-order valence-corrected chi connectivity index (χ0v) is 11.8. The number of hydrogen-bond donors (Lipinski definition) is 0. The van der Waals surface area contributed by atoms with E-state index in [2.05, 4.69) is 16.0 Å². The third-order valence-corrected chi connectivity index (χ3v) is 3.71. The van der Waals surface area contributed by atoms with Crippen LogP contribution >= 0.6 is 0 Å². The van der Waals surface area contributed by atoms with Gasteiger partial charge in [0.1, 0.15) is 29.9 Å². The number of nitrogens with zero attached hydrogens (tertiary/aromatic N) is 3. The van der Waals surface area contributed by atoms with E-state index in [1.165, 1.54) is 0 Å². The molecule has 3 rings (SSSR count). The molecule has 21 heavy (non-hydrogen) atoms. The highest BCUT2D eigenvalue weighted by Crippen LogP contribution is 2.24. The molecule has 1 saturated heterocycles. The van der Waals surface area contributed by atoms with Crippen molar-refractivity contribution in [2.24, 2.45) is 0 Å². The number of anilines is 1. The zero-order chi connectivity index (χ0) is 14.5. The summed E-state index contributed by atoms with van der Waals surface area (Å²) in [4.78, 5) is 6.63. The maximum atomic E-state index is 8.97. The number of benzene rings is 1. The lowest BCUT2D eigenvalue weighted by Gasteiger charge is -2.25. The van der Waals surface area contributed by atoms with Crippen LogP contribution in [0.2, 0.25) is 0 Å². The van der Waals surface area contributed by atoms with Crippen LogP contribution in [0.25, 0.3) is 0 Å². The van der Waals surface area contributed by atoms with Gasteiger partial charge in [-0.3, -0.25) is 0 Å². The lowest BCUT2D eigenvalue weighted by Crippen LogP contribution is -2.34. The van der Waals surface area contributed by atoms with E-state index in [0.29, 0.717) is 18.3 Å². The SMILES string of the molecule is N#Cc1cccc(N2CCCC2COc2ccccc2)n1. The van der Waals surface area contributed by atoms with E-state index < -0.39 is 0 Å². The van der Waals surface area contributed by atoms with Crippen molar-refractivity contribution in [3.8, 4) is 11.8 Å². The number of aromatic nitrogens is 1. The van der Waals surface area contributed by atoms with Gasteiger partial charge in [-0.05, 0) is 37.1 Å². The third kappa shape index (κ3) is 3.14. The molecule has 0 amide bonds. The number of nitriles is 1. The fraction of sp³-hybridized carbons (Fsp3) is 0.294. The predicted octanol–water partition coefficient (Wildman–Crippen LogP) is 3.00. The van der Waals surface area contributed by atoms with Crippen LogP contribution in [0.1, 0.15) is 18.5 Å². The molecule has 1 aromatic heterocycles. The molecular formula is C17H17N3O. The number of ether oxygens (including phenoxy) is 1. The predicted molar refractivity (Wildman–Crippen MR) is 81.3 cm³/mol. The molecule has 0 radical (unpaired) electrons. The minimum absolute atomic E-state index is 0.312. The Morgan fingerprint density at radius 2 is 2.05 bits per heavy atom. The Labute approximate surface area is 124 Å². The summed E-state index contributed by atoms with van der Waals surface area (Å²) in [6.45, 7) is 1.60. The van der Waals surface area contributed by atoms with Crippen molar-refractivity contribution >= 4 is 5.82 Å². The highest BCUT2D eigenvalue weighted by Gasteiger charge is 2.26. The van der Waals surface area contributed by atoms with Crippen LogP contribution < -0.4 is 9.64 Å². The Kier molecular flexibility index (Phi) is 4.02. The van der Waals surface area contributed by atoms with Gasteiger partial charge in [0.05, 0.1) is 6.04 Å². The molecule has 4 heteroatoms. The molecule has 0 bridgehead atoms. The average molecular weight is 279 g/mol. The van der Waals surface area contributed by atoms with Crippen molar-refractivity contribution < 1.29 is 4.74 Å². The van der Waals surface area contributed by atoms with Crippen LogP contribution in [0.5, 0.6) is 5.75 Å². The molecule has 0 saturated carbocycles. The van der Waals surface area contributed by atoms with E-state index in [0.717, 1.165) is 31.0 Å². The number of hydrogen-bond acceptors (Lipinski definition) is 4. The van der Waals surface area contributed by atoms with Gasteiger partial charge in [-0.1, -0.05) is 24.3 Å². The first-order chi connectivity index (χ1) is 10.4. The summed E-state index contributed by atoms with van der Waals surface area (Å²) in [5.74, 6) is 1.76. The number of para-hydroxylation sites is 1. The molecule has 2 aromatic rings. The first-order valence-corrected chi connectivity index (χ1v) is 7.18. The standard InChI is InChI=1S/C17H17N3O/c18-12-14-6-4-10-17(19-14)20-11-5-7-15(20)13-21-16-8-2-1-3-9-16/h1-4,6,8-10,15H,5,7,11,13H2. The highest BCUT2D eigenvalue weighted by molar-refractivity contribution is 5.43. The smallest absolute Gasteiger partial charge is 0.142 e. The quantitative estimate of drug-likeness (QED) is 0.863. The van der Waals surface area contributed by atoms with Gasteiger partial charge in [0.15, 0.2) is 0 Å². The van der Waals surface area contributed by atoms with E-state index in [9.17, 15) is 0 Å². The molecule has 1 aromatic carbocycles. The van der Waals surface area contributed by atoms with Gasteiger partial charge in [-0.15, -0.1) is 0 Å². The Morgan fingerprint density at radius 1 is 1.19 bits per heavy atom. The second-order valence-corrected chi connectivity index (χ2v) is 5.11.